The van der Waals surface area contributed by atoms with E-state index in [0.717, 1.165) is 22.8 Å². The standard InChI is InChI=1S/C17H18N2O3/c1-12-5-3-4-8-19(12)13(2)17(20)18-10-14-6-7-15-16(9-14)22-11-21-15/h3-9,13H,10-11H2,1-2H3/p+1/t13-/m1/s1. The fourth-order valence-electron chi connectivity index (χ4n) is 2.49. The first-order valence-corrected chi connectivity index (χ1v) is 7.28. The highest BCUT2D eigenvalue weighted by molar-refractivity contribution is 5.78. The molecule has 1 amide bonds. The summed E-state index contributed by atoms with van der Waals surface area (Å²) >= 11 is 0. The van der Waals surface area contributed by atoms with Gasteiger partial charge in [0.1, 0.15) is 0 Å². The van der Waals surface area contributed by atoms with Crippen molar-refractivity contribution in [2.45, 2.75) is 26.4 Å². The molecule has 1 aromatic carbocycles. The third kappa shape index (κ3) is 2.88. The van der Waals surface area contributed by atoms with E-state index in [2.05, 4.69) is 5.32 Å². The van der Waals surface area contributed by atoms with Gasteiger partial charge in [-0.1, -0.05) is 12.1 Å². The highest BCUT2D eigenvalue weighted by Crippen LogP contribution is 2.32. The number of carbonyl (C=O) groups excluding carboxylic acids is 1. The topological polar surface area (TPSA) is 51.4 Å². The smallest absolute Gasteiger partial charge is 0.289 e. The molecule has 1 N–H and O–H groups in total. The van der Waals surface area contributed by atoms with Crippen LogP contribution in [0.1, 0.15) is 24.2 Å². The van der Waals surface area contributed by atoms with Gasteiger partial charge in [0, 0.05) is 32.5 Å². The number of hydrogen-bond acceptors (Lipinski definition) is 3. The van der Waals surface area contributed by atoms with Gasteiger partial charge < -0.3 is 14.8 Å². The zero-order valence-electron chi connectivity index (χ0n) is 12.7. The Kier molecular flexibility index (Phi) is 3.96. The van der Waals surface area contributed by atoms with Crippen LogP contribution in [0.4, 0.5) is 0 Å². The Labute approximate surface area is 129 Å². The van der Waals surface area contributed by atoms with Crippen LogP contribution in [0.3, 0.4) is 0 Å². The van der Waals surface area contributed by atoms with E-state index >= 15 is 0 Å². The minimum atomic E-state index is -0.254. The molecule has 0 radical (unpaired) electrons. The number of aryl methyl sites for hydroxylation is 1. The molecule has 1 atom stereocenters. The highest BCUT2D eigenvalue weighted by atomic mass is 16.7. The Morgan fingerprint density at radius 3 is 2.91 bits per heavy atom. The lowest BCUT2D eigenvalue weighted by molar-refractivity contribution is -0.711. The van der Waals surface area contributed by atoms with Crippen LogP contribution in [0.5, 0.6) is 11.5 Å². The van der Waals surface area contributed by atoms with Crippen LogP contribution in [0, 0.1) is 6.92 Å². The van der Waals surface area contributed by atoms with Crippen molar-refractivity contribution in [2.24, 2.45) is 0 Å². The summed E-state index contributed by atoms with van der Waals surface area (Å²) in [6, 6.07) is 11.3. The number of benzene rings is 1. The Balaban J connectivity index is 1.64. The fourth-order valence-corrected chi connectivity index (χ4v) is 2.49. The molecule has 0 saturated carbocycles. The minimum absolute atomic E-state index is 0.0167. The normalized spacial score (nSPS) is 13.7. The predicted molar refractivity (Wildman–Crippen MR) is 80.5 cm³/mol. The molecule has 22 heavy (non-hydrogen) atoms. The third-order valence-corrected chi connectivity index (χ3v) is 3.80. The number of ether oxygens (including phenoxy) is 2. The molecule has 1 aromatic heterocycles. The number of fused-ring (bicyclic) bond motifs is 1. The second-order valence-corrected chi connectivity index (χ2v) is 5.33. The van der Waals surface area contributed by atoms with Crippen molar-refractivity contribution in [2.75, 3.05) is 6.79 Å². The minimum Gasteiger partial charge on any atom is -0.454 e. The number of amides is 1. The first kappa shape index (κ1) is 14.4. The van der Waals surface area contributed by atoms with Crippen LogP contribution in [0.2, 0.25) is 0 Å². The molecule has 3 rings (SSSR count). The summed E-state index contributed by atoms with van der Waals surface area (Å²) in [5.41, 5.74) is 2.04. The SMILES string of the molecule is Cc1cccc[n+]1[C@H](C)C(=O)NCc1ccc2c(c1)OCO2. The quantitative estimate of drug-likeness (QED) is 0.877. The number of nitrogens with one attached hydrogen (secondary N) is 1. The molecule has 0 bridgehead atoms. The van der Waals surface area contributed by atoms with Crippen molar-refractivity contribution in [1.29, 1.82) is 0 Å². The van der Waals surface area contributed by atoms with Gasteiger partial charge in [0.05, 0.1) is 0 Å². The summed E-state index contributed by atoms with van der Waals surface area (Å²) in [5.74, 6) is 1.46. The van der Waals surface area contributed by atoms with E-state index in [-0.39, 0.29) is 18.7 Å². The number of hydrogen-bond donors (Lipinski definition) is 1. The Hall–Kier alpha value is -2.56. The van der Waals surface area contributed by atoms with Crippen molar-refractivity contribution in [3.8, 4) is 11.5 Å². The summed E-state index contributed by atoms with van der Waals surface area (Å²) < 4.78 is 12.6. The molecule has 114 valence electrons. The van der Waals surface area contributed by atoms with E-state index in [4.69, 9.17) is 9.47 Å². The lowest BCUT2D eigenvalue weighted by Crippen LogP contribution is -2.48. The summed E-state index contributed by atoms with van der Waals surface area (Å²) in [6.07, 6.45) is 1.92. The first-order valence-electron chi connectivity index (χ1n) is 7.28. The van der Waals surface area contributed by atoms with Crippen LogP contribution in [-0.2, 0) is 11.3 Å². The summed E-state index contributed by atoms with van der Waals surface area (Å²) in [6.45, 7) is 4.60. The number of carbonyl (C=O) groups is 1. The summed E-state index contributed by atoms with van der Waals surface area (Å²) in [7, 11) is 0. The van der Waals surface area contributed by atoms with Gasteiger partial charge in [-0.25, -0.2) is 0 Å². The number of rotatable bonds is 4. The molecule has 1 aliphatic heterocycles. The second kappa shape index (κ2) is 6.05. The van der Waals surface area contributed by atoms with Gasteiger partial charge >= 0.3 is 0 Å². The first-order chi connectivity index (χ1) is 10.6. The van der Waals surface area contributed by atoms with E-state index in [1.54, 1.807) is 0 Å². The molecule has 0 fully saturated rings. The van der Waals surface area contributed by atoms with Gasteiger partial charge in [-0.2, -0.15) is 4.57 Å². The van der Waals surface area contributed by atoms with Crippen molar-refractivity contribution in [3.63, 3.8) is 0 Å². The van der Waals surface area contributed by atoms with Gasteiger partial charge in [-0.3, -0.25) is 4.79 Å². The van der Waals surface area contributed by atoms with E-state index in [1.807, 2.05) is 61.0 Å². The summed E-state index contributed by atoms with van der Waals surface area (Å²) in [5, 5.41) is 2.96. The predicted octanol–water partition coefficient (Wildman–Crippen LogP) is 1.89. The molecule has 2 aromatic rings. The molecule has 0 aliphatic carbocycles. The van der Waals surface area contributed by atoms with Gasteiger partial charge in [-0.15, -0.1) is 0 Å². The Morgan fingerprint density at radius 2 is 2.09 bits per heavy atom. The molecule has 2 heterocycles. The average Bonchev–Trinajstić information content (AvgIpc) is 3.00. The third-order valence-electron chi connectivity index (χ3n) is 3.80. The van der Waals surface area contributed by atoms with E-state index in [0.29, 0.717) is 6.54 Å². The molecular weight excluding hydrogens is 280 g/mol. The van der Waals surface area contributed by atoms with Crippen LogP contribution < -0.4 is 19.4 Å². The highest BCUT2D eigenvalue weighted by Gasteiger charge is 2.23. The molecule has 0 unspecified atom stereocenters. The molecule has 5 nitrogen and oxygen atoms in total. The molecule has 5 heteroatoms. The van der Waals surface area contributed by atoms with Crippen LogP contribution >= 0.6 is 0 Å². The fraction of sp³-hybridized carbons (Fsp3) is 0.294. The number of nitrogens with zero attached hydrogens (tertiary/aromatic N) is 1. The molecular formula is C17H19N2O3+. The second-order valence-electron chi connectivity index (χ2n) is 5.33. The number of aromatic nitrogens is 1. The molecule has 1 aliphatic rings. The van der Waals surface area contributed by atoms with Crippen molar-refractivity contribution in [3.05, 3.63) is 53.9 Å². The zero-order valence-corrected chi connectivity index (χ0v) is 12.7. The number of pyridine rings is 1. The van der Waals surface area contributed by atoms with Crippen LogP contribution in [-0.4, -0.2) is 12.7 Å². The van der Waals surface area contributed by atoms with Gasteiger partial charge in [0.25, 0.3) is 5.91 Å². The van der Waals surface area contributed by atoms with Crippen molar-refractivity contribution in [1.82, 2.24) is 5.32 Å². The van der Waals surface area contributed by atoms with Gasteiger partial charge in [0.2, 0.25) is 12.8 Å². The zero-order chi connectivity index (χ0) is 15.5. The van der Waals surface area contributed by atoms with Gasteiger partial charge in [-0.05, 0) is 17.7 Å². The largest absolute Gasteiger partial charge is 0.454 e. The maximum Gasteiger partial charge on any atom is 0.289 e. The van der Waals surface area contributed by atoms with E-state index < -0.39 is 0 Å². The van der Waals surface area contributed by atoms with E-state index in [1.165, 1.54) is 0 Å². The maximum atomic E-state index is 12.3. The van der Waals surface area contributed by atoms with Crippen LogP contribution in [0.15, 0.2) is 42.6 Å². The summed E-state index contributed by atoms with van der Waals surface area (Å²) in [4.78, 5) is 12.3. The maximum absolute atomic E-state index is 12.3. The lowest BCUT2D eigenvalue weighted by atomic mass is 10.2. The van der Waals surface area contributed by atoms with E-state index in [9.17, 15) is 4.79 Å². The average molecular weight is 299 g/mol. The molecule has 0 spiro atoms. The lowest BCUT2D eigenvalue weighted by Gasteiger charge is -2.10. The van der Waals surface area contributed by atoms with Crippen molar-refractivity contribution < 1.29 is 18.8 Å². The van der Waals surface area contributed by atoms with Crippen LogP contribution in [0.25, 0.3) is 0 Å². The Morgan fingerprint density at radius 1 is 1.27 bits per heavy atom. The van der Waals surface area contributed by atoms with Gasteiger partial charge in [0.15, 0.2) is 23.4 Å². The Bertz CT molecular complexity index is 700. The molecule has 0 saturated heterocycles. The van der Waals surface area contributed by atoms with Crippen molar-refractivity contribution >= 4 is 5.91 Å². The monoisotopic (exact) mass is 299 g/mol.